The van der Waals surface area contributed by atoms with Crippen LogP contribution in [0.3, 0.4) is 0 Å². The van der Waals surface area contributed by atoms with Crippen LogP contribution in [0.1, 0.15) is 21.5 Å². The van der Waals surface area contributed by atoms with Gasteiger partial charge in [0.05, 0.1) is 6.61 Å². The van der Waals surface area contributed by atoms with Crippen molar-refractivity contribution in [3.8, 4) is 0 Å². The highest BCUT2D eigenvalue weighted by atomic mass is 16.3. The van der Waals surface area contributed by atoms with Crippen LogP contribution in [-0.4, -0.2) is 10.9 Å². The van der Waals surface area contributed by atoms with Crippen molar-refractivity contribution in [2.45, 2.75) is 13.0 Å². The first-order chi connectivity index (χ1) is 8.31. The molecule has 0 fully saturated rings. The number of ketones is 1. The number of aliphatic hydroxyl groups is 1. The largest absolute Gasteiger partial charge is 0.392 e. The number of hydrogen-bond donors (Lipinski definition) is 1. The molecular formula is C15H14O2. The zero-order valence-electron chi connectivity index (χ0n) is 9.47. The molecule has 0 atom stereocenters. The molecule has 0 saturated carbocycles. The predicted octanol–water partition coefficient (Wildman–Crippen LogP) is 2.60. The van der Waals surface area contributed by atoms with Crippen molar-refractivity contribution < 1.29 is 9.90 Å². The van der Waals surface area contributed by atoms with Gasteiger partial charge in [-0.1, -0.05) is 54.6 Å². The third-order valence-electron chi connectivity index (χ3n) is 2.70. The Labute approximate surface area is 101 Å². The minimum atomic E-state index is -0.100. The summed E-state index contributed by atoms with van der Waals surface area (Å²) in [7, 11) is 0. The van der Waals surface area contributed by atoms with Crippen LogP contribution < -0.4 is 0 Å². The monoisotopic (exact) mass is 226 g/mol. The molecule has 2 nitrogen and oxygen atoms in total. The van der Waals surface area contributed by atoms with E-state index < -0.39 is 0 Å². The number of Topliss-reactive ketones (excluding diaryl/α,β-unsaturated/α-hetero) is 1. The SMILES string of the molecule is O=C(Cc1ccccc1)c1ccccc1CO. The maximum absolute atomic E-state index is 12.1. The number of rotatable bonds is 4. The van der Waals surface area contributed by atoms with Crippen LogP contribution in [0, 0.1) is 0 Å². The van der Waals surface area contributed by atoms with Crippen LogP contribution in [0.5, 0.6) is 0 Å². The highest BCUT2D eigenvalue weighted by Gasteiger charge is 2.10. The predicted molar refractivity (Wildman–Crippen MR) is 66.8 cm³/mol. The Morgan fingerprint density at radius 3 is 2.29 bits per heavy atom. The average Bonchev–Trinajstić information content (AvgIpc) is 2.40. The molecule has 2 heteroatoms. The van der Waals surface area contributed by atoms with Crippen LogP contribution >= 0.6 is 0 Å². The average molecular weight is 226 g/mol. The molecular weight excluding hydrogens is 212 g/mol. The summed E-state index contributed by atoms with van der Waals surface area (Å²) in [5.74, 6) is 0.0425. The van der Waals surface area contributed by atoms with Crippen LogP contribution in [0.25, 0.3) is 0 Å². The molecule has 0 aliphatic carbocycles. The smallest absolute Gasteiger partial charge is 0.167 e. The molecule has 0 amide bonds. The Balaban J connectivity index is 2.20. The standard InChI is InChI=1S/C15H14O2/c16-11-13-8-4-5-9-14(13)15(17)10-12-6-2-1-3-7-12/h1-9,16H,10-11H2. The van der Waals surface area contributed by atoms with Crippen LogP contribution in [0.4, 0.5) is 0 Å². The summed E-state index contributed by atoms with van der Waals surface area (Å²) < 4.78 is 0. The Kier molecular flexibility index (Phi) is 3.68. The highest BCUT2D eigenvalue weighted by Crippen LogP contribution is 2.12. The van der Waals surface area contributed by atoms with E-state index in [9.17, 15) is 9.90 Å². The normalized spacial score (nSPS) is 10.2. The molecule has 0 saturated heterocycles. The van der Waals surface area contributed by atoms with E-state index in [1.807, 2.05) is 42.5 Å². The maximum Gasteiger partial charge on any atom is 0.167 e. The van der Waals surface area contributed by atoms with Crippen LogP contribution in [0.15, 0.2) is 54.6 Å². The van der Waals surface area contributed by atoms with E-state index in [2.05, 4.69) is 0 Å². The van der Waals surface area contributed by atoms with Gasteiger partial charge in [0.1, 0.15) is 0 Å². The van der Waals surface area contributed by atoms with Gasteiger partial charge in [-0.25, -0.2) is 0 Å². The Bertz CT molecular complexity index is 503. The summed E-state index contributed by atoms with van der Waals surface area (Å²) in [5.41, 5.74) is 2.29. The van der Waals surface area contributed by atoms with E-state index in [0.29, 0.717) is 17.5 Å². The van der Waals surface area contributed by atoms with Gasteiger partial charge in [0.2, 0.25) is 0 Å². The zero-order chi connectivity index (χ0) is 12.1. The van der Waals surface area contributed by atoms with E-state index >= 15 is 0 Å². The molecule has 0 bridgehead atoms. The lowest BCUT2D eigenvalue weighted by molar-refractivity contribution is 0.0990. The fraction of sp³-hybridized carbons (Fsp3) is 0.133. The number of carbonyl (C=O) groups excluding carboxylic acids is 1. The highest BCUT2D eigenvalue weighted by molar-refractivity contribution is 5.98. The lowest BCUT2D eigenvalue weighted by Crippen LogP contribution is -2.07. The third-order valence-corrected chi connectivity index (χ3v) is 2.70. The number of hydrogen-bond acceptors (Lipinski definition) is 2. The van der Waals surface area contributed by atoms with Gasteiger partial charge in [0.15, 0.2) is 5.78 Å². The minimum absolute atomic E-state index is 0.0425. The summed E-state index contributed by atoms with van der Waals surface area (Å²) in [6.45, 7) is -0.100. The molecule has 86 valence electrons. The first-order valence-corrected chi connectivity index (χ1v) is 5.57. The summed E-state index contributed by atoms with van der Waals surface area (Å²) in [5, 5.41) is 9.18. The first-order valence-electron chi connectivity index (χ1n) is 5.57. The van der Waals surface area contributed by atoms with Gasteiger partial charge >= 0.3 is 0 Å². The molecule has 0 aromatic heterocycles. The second-order valence-corrected chi connectivity index (χ2v) is 3.90. The lowest BCUT2D eigenvalue weighted by atomic mass is 9.99. The molecule has 0 spiro atoms. The third kappa shape index (κ3) is 2.80. The van der Waals surface area contributed by atoms with Crippen molar-refractivity contribution >= 4 is 5.78 Å². The van der Waals surface area contributed by atoms with Crippen molar-refractivity contribution in [2.75, 3.05) is 0 Å². The maximum atomic E-state index is 12.1. The number of benzene rings is 2. The fourth-order valence-electron chi connectivity index (χ4n) is 1.81. The molecule has 0 aliphatic heterocycles. The second-order valence-electron chi connectivity index (χ2n) is 3.90. The van der Waals surface area contributed by atoms with E-state index in [4.69, 9.17) is 0 Å². The van der Waals surface area contributed by atoms with Crippen molar-refractivity contribution in [3.63, 3.8) is 0 Å². The summed E-state index contributed by atoms with van der Waals surface area (Å²) >= 11 is 0. The summed E-state index contributed by atoms with van der Waals surface area (Å²) in [6, 6.07) is 16.8. The lowest BCUT2D eigenvalue weighted by Gasteiger charge is -2.06. The Hall–Kier alpha value is -1.93. The summed E-state index contributed by atoms with van der Waals surface area (Å²) in [4.78, 5) is 12.1. The van der Waals surface area contributed by atoms with E-state index in [1.165, 1.54) is 0 Å². The topological polar surface area (TPSA) is 37.3 Å². The molecule has 17 heavy (non-hydrogen) atoms. The quantitative estimate of drug-likeness (QED) is 0.814. The van der Waals surface area contributed by atoms with Crippen molar-refractivity contribution in [2.24, 2.45) is 0 Å². The Morgan fingerprint density at radius 1 is 0.941 bits per heavy atom. The molecule has 2 aromatic rings. The molecule has 0 heterocycles. The van der Waals surface area contributed by atoms with Crippen molar-refractivity contribution in [1.29, 1.82) is 0 Å². The Morgan fingerprint density at radius 2 is 1.59 bits per heavy atom. The molecule has 2 rings (SSSR count). The number of carbonyl (C=O) groups is 1. The zero-order valence-corrected chi connectivity index (χ0v) is 9.47. The van der Waals surface area contributed by atoms with Gasteiger partial charge in [0.25, 0.3) is 0 Å². The minimum Gasteiger partial charge on any atom is -0.392 e. The first kappa shape index (κ1) is 11.6. The van der Waals surface area contributed by atoms with Crippen LogP contribution in [0.2, 0.25) is 0 Å². The molecule has 1 N–H and O–H groups in total. The van der Waals surface area contributed by atoms with E-state index in [0.717, 1.165) is 5.56 Å². The molecule has 0 aliphatic rings. The van der Waals surface area contributed by atoms with Gasteiger partial charge < -0.3 is 5.11 Å². The second kappa shape index (κ2) is 5.41. The van der Waals surface area contributed by atoms with Gasteiger partial charge in [-0.2, -0.15) is 0 Å². The van der Waals surface area contributed by atoms with Gasteiger partial charge in [-0.05, 0) is 11.1 Å². The molecule has 2 aromatic carbocycles. The van der Waals surface area contributed by atoms with E-state index in [-0.39, 0.29) is 12.4 Å². The fourth-order valence-corrected chi connectivity index (χ4v) is 1.81. The van der Waals surface area contributed by atoms with Gasteiger partial charge in [-0.3, -0.25) is 4.79 Å². The molecule has 0 unspecified atom stereocenters. The van der Waals surface area contributed by atoms with Crippen molar-refractivity contribution in [3.05, 3.63) is 71.3 Å². The summed E-state index contributed by atoms with van der Waals surface area (Å²) in [6.07, 6.45) is 0.373. The van der Waals surface area contributed by atoms with E-state index in [1.54, 1.807) is 12.1 Å². The number of aliphatic hydroxyl groups excluding tert-OH is 1. The van der Waals surface area contributed by atoms with Gasteiger partial charge in [-0.15, -0.1) is 0 Å². The van der Waals surface area contributed by atoms with Crippen molar-refractivity contribution in [1.82, 2.24) is 0 Å². The van der Waals surface area contributed by atoms with Gasteiger partial charge in [0, 0.05) is 12.0 Å². The molecule has 0 radical (unpaired) electrons. The van der Waals surface area contributed by atoms with Crippen LogP contribution in [-0.2, 0) is 13.0 Å².